The van der Waals surface area contributed by atoms with Crippen LogP contribution in [0.2, 0.25) is 0 Å². The number of urea groups is 1. The van der Waals surface area contributed by atoms with Gasteiger partial charge in [0.25, 0.3) is 5.91 Å². The summed E-state index contributed by atoms with van der Waals surface area (Å²) in [6, 6.07) is 20.1. The van der Waals surface area contributed by atoms with Crippen LogP contribution in [-0.2, 0) is 4.79 Å². The van der Waals surface area contributed by atoms with Crippen molar-refractivity contribution in [3.63, 3.8) is 0 Å². The van der Waals surface area contributed by atoms with Gasteiger partial charge in [-0.2, -0.15) is 0 Å². The van der Waals surface area contributed by atoms with Crippen LogP contribution in [0.5, 0.6) is 5.75 Å². The van der Waals surface area contributed by atoms with E-state index in [4.69, 9.17) is 4.74 Å². The molecule has 0 fully saturated rings. The maximum absolute atomic E-state index is 12.9. The molecule has 0 radical (unpaired) electrons. The minimum atomic E-state index is -0.480. The molecule has 6 nitrogen and oxygen atoms in total. The van der Waals surface area contributed by atoms with Crippen molar-refractivity contribution >= 4 is 66.9 Å². The van der Waals surface area contributed by atoms with Crippen LogP contribution >= 0.6 is 43.6 Å². The fourth-order valence-electron chi connectivity index (χ4n) is 2.87. The van der Waals surface area contributed by atoms with Crippen molar-refractivity contribution in [3.05, 3.63) is 75.7 Å². The van der Waals surface area contributed by atoms with Gasteiger partial charge < -0.3 is 4.74 Å². The number of amides is 3. The number of nitrogens with one attached hydrogen (secondary N) is 2. The Morgan fingerprint density at radius 1 is 0.900 bits per heavy atom. The van der Waals surface area contributed by atoms with Gasteiger partial charge in [0.2, 0.25) is 0 Å². The van der Waals surface area contributed by atoms with Gasteiger partial charge in [-0.15, -0.1) is 0 Å². The second-order valence-corrected chi connectivity index (χ2v) is 9.07. The molecule has 0 bridgehead atoms. The molecule has 1 heterocycles. The molecule has 4 rings (SSSR count). The summed E-state index contributed by atoms with van der Waals surface area (Å²) in [6.45, 7) is -0.246. The van der Waals surface area contributed by atoms with E-state index in [1.165, 1.54) is 0 Å². The number of hydrogen-bond donors (Lipinski definition) is 2. The Bertz CT molecular complexity index is 1080. The molecule has 30 heavy (non-hydrogen) atoms. The van der Waals surface area contributed by atoms with Crippen LogP contribution in [-0.4, -0.2) is 18.5 Å². The molecule has 1 aliphatic heterocycles. The smallest absolute Gasteiger partial charge is 0.345 e. The zero-order chi connectivity index (χ0) is 21.1. The minimum Gasteiger partial charge on any atom is -0.483 e. The Labute approximate surface area is 194 Å². The topological polar surface area (TPSA) is 70.7 Å². The van der Waals surface area contributed by atoms with E-state index in [1.54, 1.807) is 22.7 Å². The predicted molar refractivity (Wildman–Crippen MR) is 123 cm³/mol. The number of para-hydroxylation sites is 2. The molecule has 0 atom stereocenters. The molecule has 9 heteroatoms. The molecular weight excluding hydrogens is 534 g/mol. The third kappa shape index (κ3) is 4.48. The van der Waals surface area contributed by atoms with Gasteiger partial charge in [0.1, 0.15) is 5.75 Å². The first-order chi connectivity index (χ1) is 14.5. The normalized spacial score (nSPS) is 11.9. The highest BCUT2D eigenvalue weighted by atomic mass is 79.9. The molecule has 0 spiro atoms. The van der Waals surface area contributed by atoms with E-state index in [-0.39, 0.29) is 6.61 Å². The number of anilines is 2. The number of carbonyl (C=O) groups excluding carboxylic acids is 2. The van der Waals surface area contributed by atoms with Gasteiger partial charge in [-0.25, -0.2) is 10.2 Å². The first-order valence-corrected chi connectivity index (χ1v) is 11.3. The van der Waals surface area contributed by atoms with Gasteiger partial charge in [-0.3, -0.25) is 15.1 Å². The lowest BCUT2D eigenvalue weighted by atomic mass is 10.2. The Morgan fingerprint density at radius 2 is 1.53 bits per heavy atom. The second-order valence-electron chi connectivity index (χ2n) is 6.21. The fourth-order valence-corrected chi connectivity index (χ4v) is 5.09. The fraction of sp³-hybridized carbons (Fsp3) is 0.0476. The summed E-state index contributed by atoms with van der Waals surface area (Å²) in [6.07, 6.45) is 0. The molecule has 1 aliphatic rings. The van der Waals surface area contributed by atoms with Crippen LogP contribution < -0.4 is 20.5 Å². The van der Waals surface area contributed by atoms with Crippen LogP contribution in [0, 0.1) is 0 Å². The van der Waals surface area contributed by atoms with Gasteiger partial charge in [0, 0.05) is 14.3 Å². The average Bonchev–Trinajstić information content (AvgIpc) is 2.75. The Hall–Kier alpha value is -2.49. The maximum atomic E-state index is 12.9. The largest absolute Gasteiger partial charge is 0.483 e. The zero-order valence-corrected chi connectivity index (χ0v) is 19.4. The van der Waals surface area contributed by atoms with Crippen molar-refractivity contribution in [2.45, 2.75) is 9.79 Å². The molecule has 3 aromatic rings. The summed E-state index contributed by atoms with van der Waals surface area (Å²) in [4.78, 5) is 28.6. The number of nitrogens with zero attached hydrogens (tertiary/aromatic N) is 1. The van der Waals surface area contributed by atoms with Gasteiger partial charge in [-0.1, -0.05) is 52.0 Å². The van der Waals surface area contributed by atoms with E-state index in [0.717, 1.165) is 25.6 Å². The molecule has 0 saturated heterocycles. The summed E-state index contributed by atoms with van der Waals surface area (Å²) in [5.41, 5.74) is 6.38. The SMILES string of the molecule is O=C(COc1ccc(Br)cc1Br)NNC(=O)N1c2ccccc2Sc2ccccc21. The number of fused-ring (bicyclic) bond motifs is 2. The van der Waals surface area contributed by atoms with E-state index in [2.05, 4.69) is 42.7 Å². The predicted octanol–water partition coefficient (Wildman–Crippen LogP) is 5.63. The lowest BCUT2D eigenvalue weighted by Crippen LogP contribution is -2.49. The molecule has 0 aromatic heterocycles. The zero-order valence-electron chi connectivity index (χ0n) is 15.4. The number of hydrogen-bond acceptors (Lipinski definition) is 4. The number of carbonyl (C=O) groups is 2. The first-order valence-electron chi connectivity index (χ1n) is 8.85. The van der Waals surface area contributed by atoms with Crippen molar-refractivity contribution in [1.82, 2.24) is 10.9 Å². The van der Waals surface area contributed by atoms with Gasteiger partial charge in [0.05, 0.1) is 15.8 Å². The van der Waals surface area contributed by atoms with Crippen molar-refractivity contribution in [3.8, 4) is 5.75 Å². The highest BCUT2D eigenvalue weighted by molar-refractivity contribution is 9.11. The summed E-state index contributed by atoms with van der Waals surface area (Å²) in [7, 11) is 0. The summed E-state index contributed by atoms with van der Waals surface area (Å²) in [5.74, 6) is 0.0433. The molecule has 0 unspecified atom stereocenters. The third-order valence-electron chi connectivity index (χ3n) is 4.20. The Kier molecular flexibility index (Phi) is 6.31. The highest BCUT2D eigenvalue weighted by Gasteiger charge is 2.28. The number of rotatable bonds is 3. The summed E-state index contributed by atoms with van der Waals surface area (Å²) in [5, 5.41) is 0. The van der Waals surface area contributed by atoms with Gasteiger partial charge in [-0.05, 0) is 58.4 Å². The van der Waals surface area contributed by atoms with E-state index in [9.17, 15) is 9.59 Å². The number of hydrazine groups is 1. The molecular formula is C21H15Br2N3O3S. The first kappa shape index (κ1) is 20.8. The van der Waals surface area contributed by atoms with E-state index in [0.29, 0.717) is 10.2 Å². The minimum absolute atomic E-state index is 0.246. The molecule has 152 valence electrons. The van der Waals surface area contributed by atoms with Crippen molar-refractivity contribution < 1.29 is 14.3 Å². The molecule has 3 amide bonds. The van der Waals surface area contributed by atoms with Crippen LogP contribution in [0.3, 0.4) is 0 Å². The molecule has 2 N–H and O–H groups in total. The summed E-state index contributed by atoms with van der Waals surface area (Å²) < 4.78 is 7.10. The third-order valence-corrected chi connectivity index (χ3v) is 6.44. The van der Waals surface area contributed by atoms with Crippen LogP contribution in [0.4, 0.5) is 16.2 Å². The molecule has 0 saturated carbocycles. The van der Waals surface area contributed by atoms with Crippen LogP contribution in [0.25, 0.3) is 0 Å². The van der Waals surface area contributed by atoms with E-state index >= 15 is 0 Å². The van der Waals surface area contributed by atoms with Crippen molar-refractivity contribution in [2.24, 2.45) is 0 Å². The standard InChI is InChI=1S/C21H15Br2N3O3S/c22-13-9-10-17(14(23)11-13)29-12-20(27)24-25-21(28)26-15-5-1-3-7-18(15)30-19-8-4-2-6-16(19)26/h1-11H,12H2,(H,24,27)(H,25,28). The van der Waals surface area contributed by atoms with E-state index in [1.807, 2.05) is 60.7 Å². The quantitative estimate of drug-likeness (QED) is 0.416. The van der Waals surface area contributed by atoms with Crippen LogP contribution in [0.1, 0.15) is 0 Å². The maximum Gasteiger partial charge on any atom is 0.345 e. The summed E-state index contributed by atoms with van der Waals surface area (Å²) >= 11 is 8.34. The van der Waals surface area contributed by atoms with Crippen LogP contribution in [0.15, 0.2) is 85.5 Å². The monoisotopic (exact) mass is 547 g/mol. The lowest BCUT2D eigenvalue weighted by molar-refractivity contribution is -0.123. The Morgan fingerprint density at radius 3 is 2.17 bits per heavy atom. The van der Waals surface area contributed by atoms with Crippen molar-refractivity contribution in [2.75, 3.05) is 11.5 Å². The second kappa shape index (κ2) is 9.11. The highest BCUT2D eigenvalue weighted by Crippen LogP contribution is 2.47. The van der Waals surface area contributed by atoms with Gasteiger partial charge in [0.15, 0.2) is 6.61 Å². The molecule has 3 aromatic carbocycles. The number of halogens is 2. The lowest BCUT2D eigenvalue weighted by Gasteiger charge is -2.30. The number of ether oxygens (including phenoxy) is 1. The Balaban J connectivity index is 1.42. The van der Waals surface area contributed by atoms with Crippen molar-refractivity contribution in [1.29, 1.82) is 0 Å². The number of benzene rings is 3. The van der Waals surface area contributed by atoms with E-state index < -0.39 is 11.9 Å². The molecule has 0 aliphatic carbocycles. The van der Waals surface area contributed by atoms with Gasteiger partial charge >= 0.3 is 6.03 Å². The average molecular weight is 549 g/mol.